The second-order valence-electron chi connectivity index (χ2n) is 14.6. The lowest BCUT2D eigenvalue weighted by molar-refractivity contribution is -0.170. The van der Waals surface area contributed by atoms with Crippen LogP contribution in [0.2, 0.25) is 18.1 Å². The molecule has 0 saturated heterocycles. The smallest absolute Gasteiger partial charge is 0.192 e. The second-order valence-corrected chi connectivity index (χ2v) is 19.4. The molecule has 0 bridgehead atoms. The van der Waals surface area contributed by atoms with Gasteiger partial charge in [-0.2, -0.15) is 0 Å². The van der Waals surface area contributed by atoms with Crippen molar-refractivity contribution in [2.75, 3.05) is 6.61 Å². The van der Waals surface area contributed by atoms with Crippen LogP contribution in [0.1, 0.15) is 99.3 Å². The second kappa shape index (κ2) is 8.07. The van der Waals surface area contributed by atoms with Crippen molar-refractivity contribution >= 4 is 8.32 Å². The van der Waals surface area contributed by atoms with Crippen LogP contribution in [0, 0.1) is 40.4 Å². The number of aliphatic hydroxyl groups is 2. The molecule has 0 aromatic carbocycles. The molecule has 1 unspecified atom stereocenters. The average molecular weight is 465 g/mol. The Balaban J connectivity index is 1.64. The molecular formula is C28H52O3Si. The lowest BCUT2D eigenvalue weighted by Gasteiger charge is -2.63. The van der Waals surface area contributed by atoms with Crippen LogP contribution in [0.25, 0.3) is 0 Å². The minimum Gasteiger partial charge on any atom is -0.416 e. The SMILES string of the molecule is CC(O)[C@H]1CC[C@H]2[C@@H]3CC[C@@H]4C[C@](C)(O)CC[C@]4(CO[Si](C)(C)C(C)(C)C)[C@H]3CC[C@]12C. The van der Waals surface area contributed by atoms with Gasteiger partial charge in [0.15, 0.2) is 8.32 Å². The van der Waals surface area contributed by atoms with Crippen LogP contribution in [-0.4, -0.2) is 36.8 Å². The lowest BCUT2D eigenvalue weighted by Crippen LogP contribution is -2.59. The molecule has 0 amide bonds. The number of hydrogen-bond acceptors (Lipinski definition) is 3. The van der Waals surface area contributed by atoms with Gasteiger partial charge in [-0.3, -0.25) is 0 Å². The molecule has 0 heterocycles. The maximum absolute atomic E-state index is 11.0. The summed E-state index contributed by atoms with van der Waals surface area (Å²) in [6.07, 6.45) is 10.5. The maximum Gasteiger partial charge on any atom is 0.192 e. The molecular weight excluding hydrogens is 412 g/mol. The summed E-state index contributed by atoms with van der Waals surface area (Å²) in [7, 11) is -1.83. The van der Waals surface area contributed by atoms with E-state index >= 15 is 0 Å². The summed E-state index contributed by atoms with van der Waals surface area (Å²) >= 11 is 0. The molecule has 4 aliphatic rings. The molecule has 4 rings (SSSR count). The van der Waals surface area contributed by atoms with Crippen molar-refractivity contribution in [3.8, 4) is 0 Å². The molecule has 2 N–H and O–H groups in total. The molecule has 0 aromatic rings. The highest BCUT2D eigenvalue weighted by Crippen LogP contribution is 2.68. The monoisotopic (exact) mass is 464 g/mol. The maximum atomic E-state index is 11.0. The van der Waals surface area contributed by atoms with Gasteiger partial charge in [0.05, 0.1) is 11.7 Å². The predicted octanol–water partition coefficient (Wildman–Crippen LogP) is 6.78. The van der Waals surface area contributed by atoms with E-state index in [0.717, 1.165) is 43.6 Å². The Hall–Kier alpha value is 0.0969. The van der Waals surface area contributed by atoms with E-state index in [0.29, 0.717) is 17.3 Å². The molecule has 186 valence electrons. The van der Waals surface area contributed by atoms with Gasteiger partial charge < -0.3 is 14.6 Å². The molecule has 0 spiro atoms. The predicted molar refractivity (Wildman–Crippen MR) is 135 cm³/mol. The van der Waals surface area contributed by atoms with Crippen LogP contribution in [0.4, 0.5) is 0 Å². The zero-order chi connectivity index (χ0) is 23.7. The van der Waals surface area contributed by atoms with E-state index in [1.54, 1.807) is 0 Å². The average Bonchev–Trinajstić information content (AvgIpc) is 3.02. The van der Waals surface area contributed by atoms with E-state index in [2.05, 4.69) is 47.7 Å². The summed E-state index contributed by atoms with van der Waals surface area (Å²) < 4.78 is 7.02. The van der Waals surface area contributed by atoms with Gasteiger partial charge in [-0.05, 0) is 130 Å². The topological polar surface area (TPSA) is 49.7 Å². The fourth-order valence-corrected chi connectivity index (χ4v) is 9.94. The van der Waals surface area contributed by atoms with Crippen molar-refractivity contribution in [2.24, 2.45) is 40.4 Å². The summed E-state index contributed by atoms with van der Waals surface area (Å²) in [6.45, 7) is 19.4. The zero-order valence-electron chi connectivity index (χ0n) is 22.3. The van der Waals surface area contributed by atoms with Crippen molar-refractivity contribution < 1.29 is 14.6 Å². The van der Waals surface area contributed by atoms with Gasteiger partial charge in [-0.15, -0.1) is 0 Å². The highest BCUT2D eigenvalue weighted by molar-refractivity contribution is 6.74. The highest BCUT2D eigenvalue weighted by Gasteiger charge is 2.63. The van der Waals surface area contributed by atoms with Crippen molar-refractivity contribution in [2.45, 2.75) is 129 Å². The first-order chi connectivity index (χ1) is 14.6. The van der Waals surface area contributed by atoms with Gasteiger partial charge in [0.1, 0.15) is 0 Å². The van der Waals surface area contributed by atoms with Crippen LogP contribution in [0.3, 0.4) is 0 Å². The Bertz CT molecular complexity index is 695. The number of aliphatic hydroxyl groups excluding tert-OH is 1. The molecule has 0 aromatic heterocycles. The van der Waals surface area contributed by atoms with Crippen molar-refractivity contribution in [1.29, 1.82) is 0 Å². The zero-order valence-corrected chi connectivity index (χ0v) is 23.3. The van der Waals surface area contributed by atoms with E-state index in [1.807, 2.05) is 6.92 Å². The molecule has 9 atom stereocenters. The summed E-state index contributed by atoms with van der Waals surface area (Å²) in [5.74, 6) is 3.33. The Labute approximate surface area is 199 Å². The van der Waals surface area contributed by atoms with E-state index < -0.39 is 13.9 Å². The Morgan fingerprint density at radius 2 is 1.66 bits per heavy atom. The Morgan fingerprint density at radius 3 is 2.28 bits per heavy atom. The van der Waals surface area contributed by atoms with E-state index in [4.69, 9.17) is 4.43 Å². The summed E-state index contributed by atoms with van der Waals surface area (Å²) in [6, 6.07) is 0. The van der Waals surface area contributed by atoms with E-state index in [1.165, 1.54) is 38.5 Å². The first-order valence-electron chi connectivity index (χ1n) is 13.7. The van der Waals surface area contributed by atoms with Crippen LogP contribution in [-0.2, 0) is 4.43 Å². The molecule has 0 aliphatic heterocycles. The number of hydrogen-bond donors (Lipinski definition) is 2. The third-order valence-corrected chi connectivity index (χ3v) is 16.3. The molecule has 4 aliphatic carbocycles. The van der Waals surface area contributed by atoms with Gasteiger partial charge >= 0.3 is 0 Å². The summed E-state index contributed by atoms with van der Waals surface area (Å²) in [5, 5.41) is 21.8. The van der Waals surface area contributed by atoms with Gasteiger partial charge in [0.2, 0.25) is 0 Å². The Morgan fingerprint density at radius 1 is 0.969 bits per heavy atom. The van der Waals surface area contributed by atoms with Gasteiger partial charge in [-0.25, -0.2) is 0 Å². The largest absolute Gasteiger partial charge is 0.416 e. The number of fused-ring (bicyclic) bond motifs is 5. The standard InChI is InChI=1S/C28H52O3Si/c1-19(29)22-11-12-23-21-10-9-20-17-26(5,30)15-16-28(20,24(21)13-14-27(22,23)6)18-31-32(7,8)25(2,3)4/h19-24,29-30H,9-18H2,1-8H3/t19?,20-,21+,22-,23+,24+,26-,27-,28-/m1/s1. The summed E-state index contributed by atoms with van der Waals surface area (Å²) in [4.78, 5) is 0. The molecule has 32 heavy (non-hydrogen) atoms. The molecule has 4 saturated carbocycles. The van der Waals surface area contributed by atoms with Crippen LogP contribution in [0.15, 0.2) is 0 Å². The quantitative estimate of drug-likeness (QED) is 0.451. The third-order valence-electron chi connectivity index (χ3n) is 11.8. The van der Waals surface area contributed by atoms with E-state index in [9.17, 15) is 10.2 Å². The first-order valence-corrected chi connectivity index (χ1v) is 16.6. The van der Waals surface area contributed by atoms with Crippen molar-refractivity contribution in [3.05, 3.63) is 0 Å². The molecule has 3 nitrogen and oxygen atoms in total. The van der Waals surface area contributed by atoms with Crippen LogP contribution in [0.5, 0.6) is 0 Å². The summed E-state index contributed by atoms with van der Waals surface area (Å²) in [5.41, 5.74) is 0.0423. The molecule has 0 radical (unpaired) electrons. The highest BCUT2D eigenvalue weighted by atomic mass is 28.4. The minimum absolute atomic E-state index is 0.182. The lowest BCUT2D eigenvalue weighted by atomic mass is 9.43. The third kappa shape index (κ3) is 3.97. The van der Waals surface area contributed by atoms with Gasteiger partial charge in [0.25, 0.3) is 0 Å². The van der Waals surface area contributed by atoms with Crippen LogP contribution >= 0.6 is 0 Å². The van der Waals surface area contributed by atoms with Gasteiger partial charge in [0, 0.05) is 6.61 Å². The number of rotatable bonds is 4. The molecule has 4 heteroatoms. The van der Waals surface area contributed by atoms with Crippen molar-refractivity contribution in [1.82, 2.24) is 0 Å². The minimum atomic E-state index is -1.83. The fraction of sp³-hybridized carbons (Fsp3) is 1.00. The normalized spacial score (nSPS) is 48.0. The van der Waals surface area contributed by atoms with E-state index in [-0.39, 0.29) is 16.6 Å². The fourth-order valence-electron chi connectivity index (χ4n) is 8.88. The van der Waals surface area contributed by atoms with Crippen molar-refractivity contribution in [3.63, 3.8) is 0 Å². The first kappa shape index (κ1) is 25.2. The molecule has 4 fully saturated rings. The van der Waals surface area contributed by atoms with Crippen LogP contribution < -0.4 is 0 Å². The van der Waals surface area contributed by atoms with Gasteiger partial charge in [-0.1, -0.05) is 27.7 Å². The Kier molecular flexibility index (Phi) is 6.35.